The van der Waals surface area contributed by atoms with Crippen LogP contribution in [0.25, 0.3) is 0 Å². The highest BCUT2D eigenvalue weighted by Crippen LogP contribution is 2.36. The number of aliphatic imine (C=N–C) groups is 1. The average molecular weight is 368 g/mol. The smallest absolute Gasteiger partial charge is 0.148 e. The minimum absolute atomic E-state index is 0.0744. The third kappa shape index (κ3) is 6.51. The highest BCUT2D eigenvalue weighted by molar-refractivity contribution is 8.14. The number of benzene rings is 1. The van der Waals surface area contributed by atoms with Crippen molar-refractivity contribution in [1.82, 2.24) is 0 Å². The highest BCUT2D eigenvalue weighted by atomic mass is 32.2. The first kappa shape index (κ1) is 20.0. The number of ether oxygens (including phenoxy) is 3. The van der Waals surface area contributed by atoms with Crippen LogP contribution in [0.5, 0.6) is 5.75 Å². The zero-order valence-electron chi connectivity index (χ0n) is 15.2. The van der Waals surface area contributed by atoms with Crippen LogP contribution in [0, 0.1) is 0 Å². The van der Waals surface area contributed by atoms with Gasteiger partial charge in [0.25, 0.3) is 0 Å². The summed E-state index contributed by atoms with van der Waals surface area (Å²) in [5, 5.41) is 14.6. The van der Waals surface area contributed by atoms with Gasteiger partial charge in [0.1, 0.15) is 10.8 Å². The molecule has 0 aliphatic carbocycles. The molecule has 1 heterocycles. The van der Waals surface area contributed by atoms with E-state index in [0.717, 1.165) is 16.4 Å². The van der Waals surface area contributed by atoms with Crippen molar-refractivity contribution in [1.29, 1.82) is 0 Å². The summed E-state index contributed by atoms with van der Waals surface area (Å²) in [6, 6.07) is 5.69. The molecule has 1 aromatic carbocycles. The molecule has 0 aromatic heterocycles. The Bertz CT molecular complexity index is 578. The van der Waals surface area contributed by atoms with E-state index in [0.29, 0.717) is 45.3 Å². The van der Waals surface area contributed by atoms with E-state index in [1.165, 1.54) is 0 Å². The summed E-state index contributed by atoms with van der Waals surface area (Å²) < 4.78 is 15.7. The van der Waals surface area contributed by atoms with Gasteiger partial charge in [-0.25, -0.2) is 0 Å². The van der Waals surface area contributed by atoms with E-state index < -0.39 is 0 Å². The molecule has 1 aliphatic rings. The van der Waals surface area contributed by atoms with Gasteiger partial charge in [-0.1, -0.05) is 6.07 Å². The molecule has 1 aromatic rings. The van der Waals surface area contributed by atoms with E-state index in [1.54, 1.807) is 18.9 Å². The van der Waals surface area contributed by atoms with Crippen LogP contribution in [0.2, 0.25) is 0 Å². The van der Waals surface area contributed by atoms with E-state index in [-0.39, 0.29) is 11.3 Å². The van der Waals surface area contributed by atoms with Gasteiger partial charge in [-0.2, -0.15) is 0 Å². The van der Waals surface area contributed by atoms with Gasteiger partial charge < -0.3 is 24.6 Å². The molecule has 0 radical (unpaired) electrons. The van der Waals surface area contributed by atoms with Crippen molar-refractivity contribution >= 4 is 22.5 Å². The van der Waals surface area contributed by atoms with Gasteiger partial charge in [0, 0.05) is 19.4 Å². The lowest BCUT2D eigenvalue weighted by Crippen LogP contribution is -2.15. The number of nitrogens with zero attached hydrogens (tertiary/aromatic N) is 1. The van der Waals surface area contributed by atoms with Gasteiger partial charge in [-0.05, 0) is 26.0 Å². The van der Waals surface area contributed by atoms with Crippen molar-refractivity contribution in [3.05, 3.63) is 23.8 Å². The zero-order chi connectivity index (χ0) is 18.1. The number of aromatic hydroxyl groups is 1. The number of phenols is 1. The molecule has 0 amide bonds. The van der Waals surface area contributed by atoms with Crippen LogP contribution in [-0.2, 0) is 14.2 Å². The lowest BCUT2D eigenvalue weighted by Gasteiger charge is -2.12. The standard InChI is InChI=1S/C18H28N2O4S/c1-18(2)13-25-17(20-18)14-5-4-6-15(16(14)21)19-7-8-23-11-12-24-10-9-22-3/h4-6,19,21H,7-13H2,1-3H3. The maximum Gasteiger partial charge on any atom is 0.148 e. The molecule has 0 fully saturated rings. The molecule has 1 aliphatic heterocycles. The number of rotatable bonds is 11. The fourth-order valence-electron chi connectivity index (χ4n) is 2.30. The Morgan fingerprint density at radius 2 is 1.88 bits per heavy atom. The molecule has 0 atom stereocenters. The summed E-state index contributed by atoms with van der Waals surface area (Å²) >= 11 is 1.68. The third-order valence-corrected chi connectivity index (χ3v) is 5.03. The number of para-hydroxylation sites is 1. The van der Waals surface area contributed by atoms with Crippen molar-refractivity contribution in [2.24, 2.45) is 4.99 Å². The minimum atomic E-state index is -0.0744. The molecule has 0 unspecified atom stereocenters. The van der Waals surface area contributed by atoms with Crippen LogP contribution >= 0.6 is 11.8 Å². The van der Waals surface area contributed by atoms with Crippen LogP contribution in [0.1, 0.15) is 19.4 Å². The van der Waals surface area contributed by atoms with E-state index in [4.69, 9.17) is 14.2 Å². The summed E-state index contributed by atoms with van der Waals surface area (Å²) in [7, 11) is 1.65. The molecule has 0 bridgehead atoms. The lowest BCUT2D eigenvalue weighted by atomic mass is 10.1. The predicted molar refractivity (Wildman–Crippen MR) is 103 cm³/mol. The van der Waals surface area contributed by atoms with E-state index in [9.17, 15) is 5.11 Å². The second-order valence-electron chi connectivity index (χ2n) is 6.36. The Morgan fingerprint density at radius 3 is 2.56 bits per heavy atom. The molecule has 25 heavy (non-hydrogen) atoms. The van der Waals surface area contributed by atoms with Crippen LogP contribution in [0.4, 0.5) is 5.69 Å². The highest BCUT2D eigenvalue weighted by Gasteiger charge is 2.27. The minimum Gasteiger partial charge on any atom is -0.505 e. The van der Waals surface area contributed by atoms with E-state index in [1.807, 2.05) is 18.2 Å². The molecule has 7 heteroatoms. The van der Waals surface area contributed by atoms with Crippen LogP contribution in [0.3, 0.4) is 0 Å². The number of anilines is 1. The second-order valence-corrected chi connectivity index (χ2v) is 7.33. The SMILES string of the molecule is COCCOCCOCCNc1cccc(C2=NC(C)(C)CS2)c1O. The Labute approximate surface area is 154 Å². The number of thioether (sulfide) groups is 1. The summed E-state index contributed by atoms with van der Waals surface area (Å²) in [4.78, 5) is 4.69. The summed E-state index contributed by atoms with van der Waals surface area (Å²) in [6.45, 7) is 7.62. The van der Waals surface area contributed by atoms with Crippen LogP contribution in [-0.4, -0.2) is 68.1 Å². The number of hydrogen-bond acceptors (Lipinski definition) is 7. The molecule has 0 saturated heterocycles. The van der Waals surface area contributed by atoms with E-state index in [2.05, 4.69) is 24.2 Å². The van der Waals surface area contributed by atoms with Gasteiger partial charge in [0.2, 0.25) is 0 Å². The fourth-order valence-corrected chi connectivity index (χ4v) is 3.49. The number of hydrogen-bond donors (Lipinski definition) is 2. The topological polar surface area (TPSA) is 72.3 Å². The normalized spacial score (nSPS) is 16.0. The summed E-state index contributed by atoms with van der Waals surface area (Å²) in [5.41, 5.74) is 1.41. The lowest BCUT2D eigenvalue weighted by molar-refractivity contribution is 0.0272. The molecule has 140 valence electrons. The molecule has 0 spiro atoms. The Kier molecular flexibility index (Phi) is 8.02. The molecular weight excluding hydrogens is 340 g/mol. The number of nitrogens with one attached hydrogen (secondary N) is 1. The summed E-state index contributed by atoms with van der Waals surface area (Å²) in [6.07, 6.45) is 0. The van der Waals surface area contributed by atoms with Gasteiger partial charge in [-0.15, -0.1) is 11.8 Å². The quantitative estimate of drug-likeness (QED) is 0.462. The van der Waals surface area contributed by atoms with Crippen molar-refractivity contribution in [2.75, 3.05) is 57.8 Å². The summed E-state index contributed by atoms with van der Waals surface area (Å²) in [5.74, 6) is 1.18. The first-order chi connectivity index (χ1) is 12.0. The Hall–Kier alpha value is -1.28. The first-order valence-electron chi connectivity index (χ1n) is 8.47. The van der Waals surface area contributed by atoms with Crippen LogP contribution in [0.15, 0.2) is 23.2 Å². The predicted octanol–water partition coefficient (Wildman–Crippen LogP) is 2.76. The molecule has 2 N–H and O–H groups in total. The monoisotopic (exact) mass is 368 g/mol. The van der Waals surface area contributed by atoms with Gasteiger partial charge in [-0.3, -0.25) is 4.99 Å². The third-order valence-electron chi connectivity index (χ3n) is 3.60. The maximum absolute atomic E-state index is 10.5. The second kappa shape index (κ2) is 10.0. The zero-order valence-corrected chi connectivity index (χ0v) is 16.0. The molecule has 0 saturated carbocycles. The molecule has 6 nitrogen and oxygen atoms in total. The Balaban J connectivity index is 1.75. The largest absolute Gasteiger partial charge is 0.505 e. The first-order valence-corrected chi connectivity index (χ1v) is 9.45. The molecule has 2 rings (SSSR count). The van der Waals surface area contributed by atoms with Crippen molar-refractivity contribution < 1.29 is 19.3 Å². The van der Waals surface area contributed by atoms with Crippen molar-refractivity contribution in [3.63, 3.8) is 0 Å². The average Bonchev–Trinajstić information content (AvgIpc) is 2.94. The van der Waals surface area contributed by atoms with Crippen molar-refractivity contribution in [3.8, 4) is 5.75 Å². The number of phenolic OH excluding ortho intramolecular Hbond substituents is 1. The fraction of sp³-hybridized carbons (Fsp3) is 0.611. The molecular formula is C18H28N2O4S. The van der Waals surface area contributed by atoms with E-state index >= 15 is 0 Å². The maximum atomic E-state index is 10.5. The number of methoxy groups -OCH3 is 1. The van der Waals surface area contributed by atoms with Gasteiger partial charge >= 0.3 is 0 Å². The van der Waals surface area contributed by atoms with Gasteiger partial charge in [0.15, 0.2) is 0 Å². The van der Waals surface area contributed by atoms with Crippen LogP contribution < -0.4 is 5.32 Å². The Morgan fingerprint density at radius 1 is 1.16 bits per heavy atom. The van der Waals surface area contributed by atoms with Crippen molar-refractivity contribution in [2.45, 2.75) is 19.4 Å². The van der Waals surface area contributed by atoms with Gasteiger partial charge in [0.05, 0.1) is 49.8 Å².